The maximum Gasteiger partial charge on any atom is 0.0847 e. The first-order chi connectivity index (χ1) is 8.63. The van der Waals surface area contributed by atoms with Gasteiger partial charge in [-0.15, -0.1) is 0 Å². The number of nitrogens with zero attached hydrogens (tertiary/aromatic N) is 2. The maximum absolute atomic E-state index is 6.35. The molecule has 0 spiro atoms. The third-order valence-electron chi connectivity index (χ3n) is 4.34. The minimum Gasteiger partial charge on any atom is -0.330 e. The molecule has 0 radical (unpaired) electrons. The Hall–Kier alpha value is -0.540. The fraction of sp³-hybridized carbons (Fsp3) is 0.786. The summed E-state index contributed by atoms with van der Waals surface area (Å²) in [4.78, 5) is 0. The van der Waals surface area contributed by atoms with E-state index in [1.807, 2.05) is 18.7 Å². The summed E-state index contributed by atoms with van der Waals surface area (Å²) < 4.78 is 1.94. The van der Waals surface area contributed by atoms with Gasteiger partial charge in [0.25, 0.3) is 0 Å². The molecule has 1 saturated carbocycles. The first-order valence-corrected chi connectivity index (χ1v) is 7.39. The van der Waals surface area contributed by atoms with Crippen molar-refractivity contribution in [1.29, 1.82) is 0 Å². The number of rotatable bonds is 3. The lowest BCUT2D eigenvalue weighted by molar-refractivity contribution is 0.313. The number of aromatic nitrogens is 2. The lowest BCUT2D eigenvalue weighted by atomic mass is 9.84. The van der Waals surface area contributed by atoms with Crippen LogP contribution >= 0.6 is 11.6 Å². The molecule has 1 aliphatic carbocycles. The number of hydrogen-bond acceptors (Lipinski definition) is 2. The van der Waals surface area contributed by atoms with Crippen LogP contribution in [0.25, 0.3) is 0 Å². The Balaban J connectivity index is 2.15. The predicted molar refractivity (Wildman–Crippen MR) is 75.8 cm³/mol. The Morgan fingerprint density at radius 2 is 1.94 bits per heavy atom. The SMILES string of the molecule is Cc1nn(C)c(CC2CCCCCC2CN)c1Cl. The summed E-state index contributed by atoms with van der Waals surface area (Å²) in [5.74, 6) is 1.32. The van der Waals surface area contributed by atoms with E-state index in [-0.39, 0.29) is 0 Å². The zero-order valence-electron chi connectivity index (χ0n) is 11.5. The second-order valence-corrected chi connectivity index (χ2v) is 5.95. The standard InChI is InChI=1S/C14H24ClN3/c1-10-14(15)13(18(2)17-10)8-11-6-4-3-5-7-12(11)9-16/h11-12H,3-9,16H2,1-2H3. The van der Waals surface area contributed by atoms with Crippen LogP contribution in [0, 0.1) is 18.8 Å². The molecule has 0 bridgehead atoms. The molecule has 1 aromatic rings. The molecule has 1 heterocycles. The van der Waals surface area contributed by atoms with Crippen molar-refractivity contribution in [1.82, 2.24) is 9.78 Å². The molecule has 2 rings (SSSR count). The van der Waals surface area contributed by atoms with Crippen molar-refractivity contribution in [2.24, 2.45) is 24.6 Å². The van der Waals surface area contributed by atoms with Crippen LogP contribution < -0.4 is 5.73 Å². The highest BCUT2D eigenvalue weighted by molar-refractivity contribution is 6.31. The molecule has 2 N–H and O–H groups in total. The van der Waals surface area contributed by atoms with Gasteiger partial charge < -0.3 is 5.73 Å². The van der Waals surface area contributed by atoms with Gasteiger partial charge in [0.2, 0.25) is 0 Å². The van der Waals surface area contributed by atoms with E-state index < -0.39 is 0 Å². The van der Waals surface area contributed by atoms with Crippen LogP contribution in [0.2, 0.25) is 5.02 Å². The van der Waals surface area contributed by atoms with Gasteiger partial charge in [0.15, 0.2) is 0 Å². The molecule has 0 saturated heterocycles. The Morgan fingerprint density at radius 1 is 1.28 bits per heavy atom. The molecule has 0 aromatic carbocycles. The molecule has 0 aliphatic heterocycles. The van der Waals surface area contributed by atoms with Crippen molar-refractivity contribution < 1.29 is 0 Å². The summed E-state index contributed by atoms with van der Waals surface area (Å²) in [6.45, 7) is 2.78. The number of aryl methyl sites for hydroxylation is 2. The van der Waals surface area contributed by atoms with Crippen LogP contribution in [0.4, 0.5) is 0 Å². The van der Waals surface area contributed by atoms with Crippen LogP contribution in [0.5, 0.6) is 0 Å². The van der Waals surface area contributed by atoms with E-state index in [1.54, 1.807) is 0 Å². The van der Waals surface area contributed by atoms with E-state index in [9.17, 15) is 0 Å². The molecule has 4 heteroatoms. The molecule has 3 nitrogen and oxygen atoms in total. The summed E-state index contributed by atoms with van der Waals surface area (Å²) in [5.41, 5.74) is 8.06. The molecule has 0 amide bonds. The monoisotopic (exact) mass is 269 g/mol. The minimum absolute atomic E-state index is 0.652. The van der Waals surface area contributed by atoms with Crippen molar-refractivity contribution >= 4 is 11.6 Å². The Kier molecular flexibility index (Phi) is 4.68. The molecule has 18 heavy (non-hydrogen) atoms. The van der Waals surface area contributed by atoms with Gasteiger partial charge in [0, 0.05) is 7.05 Å². The highest BCUT2D eigenvalue weighted by atomic mass is 35.5. The van der Waals surface area contributed by atoms with Gasteiger partial charge in [0.1, 0.15) is 0 Å². The maximum atomic E-state index is 6.35. The van der Waals surface area contributed by atoms with Crippen molar-refractivity contribution in [2.75, 3.05) is 6.54 Å². The number of hydrogen-bond donors (Lipinski definition) is 1. The quantitative estimate of drug-likeness (QED) is 0.857. The zero-order valence-corrected chi connectivity index (χ0v) is 12.2. The van der Waals surface area contributed by atoms with E-state index in [1.165, 1.54) is 37.8 Å². The number of nitrogens with two attached hydrogens (primary N) is 1. The lowest BCUT2D eigenvalue weighted by Crippen LogP contribution is -2.25. The minimum atomic E-state index is 0.652. The van der Waals surface area contributed by atoms with E-state index in [2.05, 4.69) is 5.10 Å². The van der Waals surface area contributed by atoms with Crippen molar-refractivity contribution in [3.8, 4) is 0 Å². The Morgan fingerprint density at radius 3 is 2.50 bits per heavy atom. The van der Waals surface area contributed by atoms with Crippen LogP contribution in [-0.4, -0.2) is 16.3 Å². The van der Waals surface area contributed by atoms with Gasteiger partial charge in [0.05, 0.1) is 16.4 Å². The topological polar surface area (TPSA) is 43.8 Å². The van der Waals surface area contributed by atoms with Gasteiger partial charge in [-0.1, -0.05) is 30.9 Å². The van der Waals surface area contributed by atoms with Crippen LogP contribution in [-0.2, 0) is 13.5 Å². The third-order valence-corrected chi connectivity index (χ3v) is 4.83. The molecular formula is C14H24ClN3. The smallest absolute Gasteiger partial charge is 0.0847 e. The highest BCUT2D eigenvalue weighted by Gasteiger charge is 2.25. The summed E-state index contributed by atoms with van der Waals surface area (Å²) in [6.07, 6.45) is 7.59. The van der Waals surface area contributed by atoms with Gasteiger partial charge in [-0.3, -0.25) is 4.68 Å². The average Bonchev–Trinajstić information content (AvgIpc) is 2.56. The molecule has 102 valence electrons. The number of halogens is 1. The second-order valence-electron chi connectivity index (χ2n) is 5.57. The van der Waals surface area contributed by atoms with E-state index >= 15 is 0 Å². The molecule has 1 aromatic heterocycles. The fourth-order valence-electron chi connectivity index (χ4n) is 3.19. The average molecular weight is 270 g/mol. The summed E-state index contributed by atoms with van der Waals surface area (Å²) in [6, 6.07) is 0. The summed E-state index contributed by atoms with van der Waals surface area (Å²) >= 11 is 6.35. The van der Waals surface area contributed by atoms with Gasteiger partial charge in [-0.05, 0) is 44.6 Å². The summed E-state index contributed by atoms with van der Waals surface area (Å²) in [5, 5.41) is 5.25. The van der Waals surface area contributed by atoms with Gasteiger partial charge in [-0.25, -0.2) is 0 Å². The van der Waals surface area contributed by atoms with Crippen molar-refractivity contribution in [3.05, 3.63) is 16.4 Å². The molecule has 1 aliphatic rings. The van der Waals surface area contributed by atoms with E-state index in [4.69, 9.17) is 17.3 Å². The zero-order chi connectivity index (χ0) is 13.1. The van der Waals surface area contributed by atoms with Crippen LogP contribution in [0.1, 0.15) is 43.5 Å². The van der Waals surface area contributed by atoms with Crippen molar-refractivity contribution in [2.45, 2.75) is 45.4 Å². The van der Waals surface area contributed by atoms with Crippen LogP contribution in [0.15, 0.2) is 0 Å². The van der Waals surface area contributed by atoms with E-state index in [0.717, 1.165) is 23.7 Å². The molecule has 2 atom stereocenters. The third kappa shape index (κ3) is 2.89. The Labute approximate surface area is 115 Å². The molecule has 2 unspecified atom stereocenters. The first kappa shape index (κ1) is 13.9. The lowest BCUT2D eigenvalue weighted by Gasteiger charge is -2.23. The largest absolute Gasteiger partial charge is 0.330 e. The van der Waals surface area contributed by atoms with Crippen molar-refractivity contribution in [3.63, 3.8) is 0 Å². The normalized spacial score (nSPS) is 25.1. The van der Waals surface area contributed by atoms with Crippen LogP contribution in [0.3, 0.4) is 0 Å². The molecule has 1 fully saturated rings. The predicted octanol–water partition coefficient (Wildman–Crippen LogP) is 3.08. The highest BCUT2D eigenvalue weighted by Crippen LogP contribution is 2.33. The second kappa shape index (κ2) is 6.07. The van der Waals surface area contributed by atoms with Gasteiger partial charge >= 0.3 is 0 Å². The summed E-state index contributed by atoms with van der Waals surface area (Å²) in [7, 11) is 1.99. The fourth-order valence-corrected chi connectivity index (χ4v) is 3.43. The van der Waals surface area contributed by atoms with E-state index in [0.29, 0.717) is 11.8 Å². The first-order valence-electron chi connectivity index (χ1n) is 7.01. The molecular weight excluding hydrogens is 246 g/mol. The Bertz CT molecular complexity index is 400. The van der Waals surface area contributed by atoms with Gasteiger partial charge in [-0.2, -0.15) is 5.10 Å².